The molecule has 1 rings (SSSR count). The minimum absolute atomic E-state index is 0.474. The molecule has 0 heterocycles. The van der Waals surface area contributed by atoms with Gasteiger partial charge in [0.15, 0.2) is 0 Å². The standard InChI is InChI=1S/C9H9BrClNO/c10-7-1-2-9(11)6(3-7)4-8(12)5-13/h1-3,5,8H,4,12H2/t8-/m0/s1. The normalized spacial score (nSPS) is 12.5. The maximum absolute atomic E-state index is 10.3. The van der Waals surface area contributed by atoms with Crippen molar-refractivity contribution in [2.24, 2.45) is 5.73 Å². The van der Waals surface area contributed by atoms with Crippen LogP contribution >= 0.6 is 27.5 Å². The van der Waals surface area contributed by atoms with Crippen molar-refractivity contribution in [1.82, 2.24) is 0 Å². The molecule has 2 nitrogen and oxygen atoms in total. The summed E-state index contributed by atoms with van der Waals surface area (Å²) in [6.07, 6.45) is 1.19. The molecule has 13 heavy (non-hydrogen) atoms. The smallest absolute Gasteiger partial charge is 0.137 e. The summed E-state index contributed by atoms with van der Waals surface area (Å²) in [4.78, 5) is 10.3. The van der Waals surface area contributed by atoms with Crippen LogP contribution in [0.2, 0.25) is 5.02 Å². The number of hydrogen-bond donors (Lipinski definition) is 1. The van der Waals surface area contributed by atoms with Crippen LogP contribution in [0.15, 0.2) is 22.7 Å². The zero-order chi connectivity index (χ0) is 9.84. The SMILES string of the molecule is N[C@H](C=O)Cc1cc(Br)ccc1Cl. The highest BCUT2D eigenvalue weighted by Crippen LogP contribution is 2.21. The molecule has 0 aromatic heterocycles. The van der Waals surface area contributed by atoms with Crippen molar-refractivity contribution in [1.29, 1.82) is 0 Å². The van der Waals surface area contributed by atoms with Crippen molar-refractivity contribution >= 4 is 33.8 Å². The Balaban J connectivity index is 2.86. The highest BCUT2D eigenvalue weighted by Gasteiger charge is 2.06. The maximum atomic E-state index is 10.3. The number of rotatable bonds is 3. The third kappa shape index (κ3) is 3.10. The topological polar surface area (TPSA) is 43.1 Å². The molecule has 0 saturated carbocycles. The first-order valence-electron chi connectivity index (χ1n) is 3.78. The van der Waals surface area contributed by atoms with E-state index in [1.807, 2.05) is 12.1 Å². The van der Waals surface area contributed by atoms with Gasteiger partial charge in [-0.15, -0.1) is 0 Å². The molecule has 0 unspecified atom stereocenters. The van der Waals surface area contributed by atoms with Gasteiger partial charge in [0.25, 0.3) is 0 Å². The molecule has 1 aromatic carbocycles. The number of carbonyl (C=O) groups is 1. The van der Waals surface area contributed by atoms with Gasteiger partial charge in [0.05, 0.1) is 6.04 Å². The molecule has 70 valence electrons. The van der Waals surface area contributed by atoms with Gasteiger partial charge in [-0.2, -0.15) is 0 Å². The molecule has 0 fully saturated rings. The lowest BCUT2D eigenvalue weighted by molar-refractivity contribution is -0.108. The number of hydrogen-bond acceptors (Lipinski definition) is 2. The maximum Gasteiger partial charge on any atom is 0.137 e. The third-order valence-electron chi connectivity index (χ3n) is 1.64. The van der Waals surface area contributed by atoms with Gasteiger partial charge in [-0.05, 0) is 30.2 Å². The minimum atomic E-state index is -0.480. The second-order valence-corrected chi connectivity index (χ2v) is 4.06. The Morgan fingerprint density at radius 2 is 2.31 bits per heavy atom. The molecule has 4 heteroatoms. The fourth-order valence-corrected chi connectivity index (χ4v) is 1.60. The van der Waals surface area contributed by atoms with Crippen molar-refractivity contribution in [2.45, 2.75) is 12.5 Å². The lowest BCUT2D eigenvalue weighted by atomic mass is 10.1. The number of carbonyl (C=O) groups excluding carboxylic acids is 1. The molecule has 0 aliphatic rings. The van der Waals surface area contributed by atoms with E-state index >= 15 is 0 Å². The Morgan fingerprint density at radius 1 is 1.62 bits per heavy atom. The molecular weight excluding hydrogens is 253 g/mol. The summed E-state index contributed by atoms with van der Waals surface area (Å²) in [5.41, 5.74) is 6.37. The average Bonchev–Trinajstić information content (AvgIpc) is 2.11. The summed E-state index contributed by atoms with van der Waals surface area (Å²) in [7, 11) is 0. The lowest BCUT2D eigenvalue weighted by Crippen LogP contribution is -2.24. The number of nitrogens with two attached hydrogens (primary N) is 1. The van der Waals surface area contributed by atoms with Gasteiger partial charge in [0.1, 0.15) is 6.29 Å². The van der Waals surface area contributed by atoms with E-state index in [4.69, 9.17) is 17.3 Å². The Kier molecular flexibility index (Phi) is 3.90. The first kappa shape index (κ1) is 10.7. The van der Waals surface area contributed by atoms with Crippen molar-refractivity contribution in [3.05, 3.63) is 33.3 Å². The monoisotopic (exact) mass is 261 g/mol. The quantitative estimate of drug-likeness (QED) is 0.849. The van der Waals surface area contributed by atoms with Crippen LogP contribution in [0.3, 0.4) is 0 Å². The van der Waals surface area contributed by atoms with Crippen LogP contribution in [0.25, 0.3) is 0 Å². The summed E-state index contributed by atoms with van der Waals surface area (Å²) in [5.74, 6) is 0. The van der Waals surface area contributed by atoms with Crippen molar-refractivity contribution in [3.63, 3.8) is 0 Å². The minimum Gasteiger partial charge on any atom is -0.321 e. The Hall–Kier alpha value is -0.380. The van der Waals surface area contributed by atoms with Crippen molar-refractivity contribution < 1.29 is 4.79 Å². The van der Waals surface area contributed by atoms with Gasteiger partial charge < -0.3 is 10.5 Å². The van der Waals surface area contributed by atoms with E-state index in [1.54, 1.807) is 6.07 Å². The molecule has 0 amide bonds. The third-order valence-corrected chi connectivity index (χ3v) is 2.50. The van der Waals surface area contributed by atoms with E-state index in [1.165, 1.54) is 0 Å². The summed E-state index contributed by atoms with van der Waals surface area (Å²) in [6, 6.07) is 5.01. The summed E-state index contributed by atoms with van der Waals surface area (Å²) >= 11 is 9.23. The molecule has 0 spiro atoms. The first-order chi connectivity index (χ1) is 6.13. The van der Waals surface area contributed by atoms with E-state index in [9.17, 15) is 4.79 Å². The van der Waals surface area contributed by atoms with Gasteiger partial charge >= 0.3 is 0 Å². The highest BCUT2D eigenvalue weighted by atomic mass is 79.9. The molecule has 0 radical (unpaired) electrons. The van der Waals surface area contributed by atoms with Crippen LogP contribution < -0.4 is 5.73 Å². The van der Waals surface area contributed by atoms with Crippen LogP contribution in [0.1, 0.15) is 5.56 Å². The summed E-state index contributed by atoms with van der Waals surface area (Å²) < 4.78 is 0.935. The number of benzene rings is 1. The predicted molar refractivity (Wildman–Crippen MR) is 56.9 cm³/mol. The van der Waals surface area contributed by atoms with Crippen LogP contribution in [0.5, 0.6) is 0 Å². The van der Waals surface area contributed by atoms with Crippen molar-refractivity contribution in [3.8, 4) is 0 Å². The number of aldehydes is 1. The highest BCUT2D eigenvalue weighted by molar-refractivity contribution is 9.10. The van der Waals surface area contributed by atoms with Gasteiger partial charge in [0, 0.05) is 9.50 Å². The van der Waals surface area contributed by atoms with Crippen molar-refractivity contribution in [2.75, 3.05) is 0 Å². The average molecular weight is 263 g/mol. The Bertz CT molecular complexity index is 316. The first-order valence-corrected chi connectivity index (χ1v) is 4.95. The van der Waals surface area contributed by atoms with Gasteiger partial charge in [-0.3, -0.25) is 0 Å². The van der Waals surface area contributed by atoms with E-state index in [2.05, 4.69) is 15.9 Å². The van der Waals surface area contributed by atoms with Crippen LogP contribution in [0, 0.1) is 0 Å². The fraction of sp³-hybridized carbons (Fsp3) is 0.222. The molecule has 1 aromatic rings. The predicted octanol–water partition coefficient (Wildman–Crippen LogP) is 2.17. The molecule has 1 atom stereocenters. The molecule has 0 saturated heterocycles. The second-order valence-electron chi connectivity index (χ2n) is 2.74. The van der Waals surface area contributed by atoms with E-state index in [-0.39, 0.29) is 0 Å². The molecular formula is C9H9BrClNO. The van der Waals surface area contributed by atoms with E-state index < -0.39 is 6.04 Å². The molecule has 0 aliphatic carbocycles. The molecule has 0 bridgehead atoms. The summed E-state index contributed by atoms with van der Waals surface area (Å²) in [6.45, 7) is 0. The summed E-state index contributed by atoms with van der Waals surface area (Å²) in [5, 5.41) is 0.639. The second kappa shape index (κ2) is 4.74. The zero-order valence-electron chi connectivity index (χ0n) is 6.84. The zero-order valence-corrected chi connectivity index (χ0v) is 9.18. The van der Waals surface area contributed by atoms with Gasteiger partial charge in [-0.1, -0.05) is 27.5 Å². The largest absolute Gasteiger partial charge is 0.321 e. The van der Waals surface area contributed by atoms with Crippen LogP contribution in [-0.2, 0) is 11.2 Å². The fourth-order valence-electron chi connectivity index (χ4n) is 1.00. The molecule has 2 N–H and O–H groups in total. The van der Waals surface area contributed by atoms with Crippen LogP contribution in [0.4, 0.5) is 0 Å². The van der Waals surface area contributed by atoms with Crippen LogP contribution in [-0.4, -0.2) is 12.3 Å². The van der Waals surface area contributed by atoms with E-state index in [0.717, 1.165) is 16.3 Å². The Labute approximate surface area is 90.2 Å². The van der Waals surface area contributed by atoms with Gasteiger partial charge in [-0.25, -0.2) is 0 Å². The number of halogens is 2. The Morgan fingerprint density at radius 3 is 2.92 bits per heavy atom. The van der Waals surface area contributed by atoms with E-state index in [0.29, 0.717) is 11.4 Å². The lowest BCUT2D eigenvalue weighted by Gasteiger charge is -2.06. The molecule has 0 aliphatic heterocycles. The van der Waals surface area contributed by atoms with Gasteiger partial charge in [0.2, 0.25) is 0 Å².